The number of aromatic nitrogens is 2. The van der Waals surface area contributed by atoms with Crippen molar-refractivity contribution < 1.29 is 14.2 Å². The van der Waals surface area contributed by atoms with Gasteiger partial charge in [0, 0.05) is 75.9 Å². The largest absolute Gasteiger partial charge is 0.497 e. The lowest BCUT2D eigenvalue weighted by Crippen LogP contribution is -2.53. The first-order valence-corrected chi connectivity index (χ1v) is 9.56. The van der Waals surface area contributed by atoms with Gasteiger partial charge in [-0.05, 0) is 25.0 Å². The van der Waals surface area contributed by atoms with Crippen LogP contribution in [0.15, 0.2) is 36.7 Å². The van der Waals surface area contributed by atoms with Crippen molar-refractivity contribution in [2.24, 2.45) is 0 Å². The van der Waals surface area contributed by atoms with Crippen molar-refractivity contribution >= 4 is 0 Å². The van der Waals surface area contributed by atoms with Gasteiger partial charge in [-0.3, -0.25) is 9.58 Å². The summed E-state index contributed by atoms with van der Waals surface area (Å²) in [5.41, 5.74) is 0.672. The molecule has 148 valence electrons. The van der Waals surface area contributed by atoms with E-state index in [1.54, 1.807) is 18.3 Å². The van der Waals surface area contributed by atoms with Crippen LogP contribution in [0.2, 0.25) is 0 Å². The van der Waals surface area contributed by atoms with E-state index in [1.165, 1.54) is 13.2 Å². The summed E-state index contributed by atoms with van der Waals surface area (Å²) in [4.78, 5) is 4.72. The van der Waals surface area contributed by atoms with Crippen LogP contribution in [-0.2, 0) is 13.1 Å². The van der Waals surface area contributed by atoms with Crippen LogP contribution in [0.4, 0.5) is 4.39 Å². The molecule has 0 bridgehead atoms. The molecule has 0 saturated carbocycles. The standard InChI is InChI=1S/C20H29FN4O2/c1-27-19-5-4-17(20(21)14-19)15-24-12-11-23(16-18(24)6-13-26)8-3-10-25-9-2-7-22-25/h2,4-5,7,9,14,18,26H,3,6,8,10-13,15-16H2,1H3/t18-/m0/s1. The summed E-state index contributed by atoms with van der Waals surface area (Å²) in [7, 11) is 1.54. The fourth-order valence-corrected chi connectivity index (χ4v) is 3.68. The highest BCUT2D eigenvalue weighted by molar-refractivity contribution is 5.29. The lowest BCUT2D eigenvalue weighted by molar-refractivity contribution is 0.0519. The highest BCUT2D eigenvalue weighted by Crippen LogP contribution is 2.21. The predicted octanol–water partition coefficient (Wildman–Crippen LogP) is 1.99. The zero-order valence-corrected chi connectivity index (χ0v) is 15.9. The van der Waals surface area contributed by atoms with Crippen molar-refractivity contribution in [3.63, 3.8) is 0 Å². The smallest absolute Gasteiger partial charge is 0.131 e. The Morgan fingerprint density at radius 3 is 2.89 bits per heavy atom. The molecule has 0 unspecified atom stereocenters. The number of rotatable bonds is 9. The molecule has 3 rings (SSSR count). The summed E-state index contributed by atoms with van der Waals surface area (Å²) in [6, 6.07) is 7.19. The lowest BCUT2D eigenvalue weighted by atomic mass is 10.1. The molecule has 0 spiro atoms. The molecule has 1 saturated heterocycles. The summed E-state index contributed by atoms with van der Waals surface area (Å²) >= 11 is 0. The van der Waals surface area contributed by atoms with Gasteiger partial charge in [-0.25, -0.2) is 4.39 Å². The van der Waals surface area contributed by atoms with E-state index in [0.29, 0.717) is 24.3 Å². The summed E-state index contributed by atoms with van der Waals surface area (Å²) in [5.74, 6) is 0.295. The molecule has 0 aliphatic carbocycles. The lowest BCUT2D eigenvalue weighted by Gasteiger charge is -2.41. The Hall–Kier alpha value is -1.96. The second-order valence-corrected chi connectivity index (χ2v) is 7.02. The molecule has 0 amide bonds. The summed E-state index contributed by atoms with van der Waals surface area (Å²) in [5, 5.41) is 13.7. The zero-order valence-electron chi connectivity index (χ0n) is 15.9. The minimum absolute atomic E-state index is 0.146. The van der Waals surface area contributed by atoms with Crippen LogP contribution < -0.4 is 4.74 Å². The van der Waals surface area contributed by atoms with E-state index in [9.17, 15) is 9.50 Å². The van der Waals surface area contributed by atoms with Gasteiger partial charge in [0.15, 0.2) is 0 Å². The van der Waals surface area contributed by atoms with Gasteiger partial charge < -0.3 is 14.7 Å². The van der Waals surface area contributed by atoms with E-state index < -0.39 is 0 Å². The van der Waals surface area contributed by atoms with Crippen LogP contribution in [0.3, 0.4) is 0 Å². The normalized spacial score (nSPS) is 18.7. The number of ether oxygens (including phenoxy) is 1. The highest BCUT2D eigenvalue weighted by Gasteiger charge is 2.27. The molecular formula is C20H29FN4O2. The second-order valence-electron chi connectivity index (χ2n) is 7.02. The molecule has 2 heterocycles. The third-order valence-electron chi connectivity index (χ3n) is 5.21. The van der Waals surface area contributed by atoms with Crippen molar-refractivity contribution in [3.05, 3.63) is 48.0 Å². The molecule has 7 heteroatoms. The van der Waals surface area contributed by atoms with Crippen molar-refractivity contribution in [2.75, 3.05) is 39.9 Å². The monoisotopic (exact) mass is 376 g/mol. The number of aryl methyl sites for hydroxylation is 1. The summed E-state index contributed by atoms with van der Waals surface area (Å²) < 4.78 is 21.3. The van der Waals surface area contributed by atoms with Crippen LogP contribution >= 0.6 is 0 Å². The Labute approximate surface area is 160 Å². The van der Waals surface area contributed by atoms with Gasteiger partial charge in [0.25, 0.3) is 0 Å². The highest BCUT2D eigenvalue weighted by atomic mass is 19.1. The van der Waals surface area contributed by atoms with Crippen LogP contribution in [0.25, 0.3) is 0 Å². The van der Waals surface area contributed by atoms with Crippen molar-refractivity contribution in [1.82, 2.24) is 19.6 Å². The number of nitrogens with zero attached hydrogens (tertiary/aromatic N) is 4. The molecule has 6 nitrogen and oxygen atoms in total. The number of aliphatic hydroxyl groups is 1. The fourth-order valence-electron chi connectivity index (χ4n) is 3.68. The van der Waals surface area contributed by atoms with E-state index in [0.717, 1.165) is 39.1 Å². The topological polar surface area (TPSA) is 53.8 Å². The van der Waals surface area contributed by atoms with Crippen LogP contribution in [0.1, 0.15) is 18.4 Å². The molecule has 1 fully saturated rings. The molecule has 1 aliphatic heterocycles. The molecule has 27 heavy (non-hydrogen) atoms. The van der Waals surface area contributed by atoms with Crippen molar-refractivity contribution in [3.8, 4) is 5.75 Å². The average molecular weight is 376 g/mol. The molecule has 0 radical (unpaired) electrons. The fraction of sp³-hybridized carbons (Fsp3) is 0.550. The number of hydrogen-bond donors (Lipinski definition) is 1. The first-order valence-electron chi connectivity index (χ1n) is 9.56. The number of halogens is 1. The molecule has 1 atom stereocenters. The molecule has 1 aliphatic rings. The molecule has 1 aromatic heterocycles. The number of methoxy groups -OCH3 is 1. The van der Waals surface area contributed by atoms with Gasteiger partial charge in [0.2, 0.25) is 0 Å². The third kappa shape index (κ3) is 5.51. The third-order valence-corrected chi connectivity index (χ3v) is 5.21. The Morgan fingerprint density at radius 2 is 2.19 bits per heavy atom. The van der Waals surface area contributed by atoms with Gasteiger partial charge in [-0.1, -0.05) is 6.07 Å². The average Bonchev–Trinajstić information content (AvgIpc) is 3.19. The second kappa shape index (κ2) is 9.82. The van der Waals surface area contributed by atoms with Gasteiger partial charge in [0.05, 0.1) is 7.11 Å². The van der Waals surface area contributed by atoms with E-state index in [2.05, 4.69) is 14.9 Å². The van der Waals surface area contributed by atoms with Crippen molar-refractivity contribution in [1.29, 1.82) is 0 Å². The van der Waals surface area contributed by atoms with Crippen LogP contribution in [0.5, 0.6) is 5.75 Å². The maximum Gasteiger partial charge on any atom is 0.131 e. The van der Waals surface area contributed by atoms with Gasteiger partial charge >= 0.3 is 0 Å². The Bertz CT molecular complexity index is 695. The quantitative estimate of drug-likeness (QED) is 0.725. The Morgan fingerprint density at radius 1 is 1.30 bits per heavy atom. The molecular weight excluding hydrogens is 347 g/mol. The maximum absolute atomic E-state index is 14.3. The number of benzene rings is 1. The van der Waals surface area contributed by atoms with Gasteiger partial charge in [0.1, 0.15) is 11.6 Å². The number of piperazine rings is 1. The zero-order chi connectivity index (χ0) is 19.1. The van der Waals surface area contributed by atoms with E-state index in [1.807, 2.05) is 16.9 Å². The van der Waals surface area contributed by atoms with Crippen LogP contribution in [0, 0.1) is 5.82 Å². The minimum Gasteiger partial charge on any atom is -0.497 e. The minimum atomic E-state index is -0.237. The van der Waals surface area contributed by atoms with Gasteiger partial charge in [-0.15, -0.1) is 0 Å². The Balaban J connectivity index is 1.54. The summed E-state index contributed by atoms with van der Waals surface area (Å²) in [6.07, 6.45) is 5.53. The van der Waals surface area contributed by atoms with E-state index in [-0.39, 0.29) is 18.5 Å². The van der Waals surface area contributed by atoms with Crippen molar-refractivity contribution in [2.45, 2.75) is 32.0 Å². The Kier molecular flexibility index (Phi) is 7.20. The first kappa shape index (κ1) is 19.8. The van der Waals surface area contributed by atoms with Crippen LogP contribution in [-0.4, -0.2) is 70.6 Å². The number of aliphatic hydroxyl groups excluding tert-OH is 1. The van der Waals surface area contributed by atoms with E-state index >= 15 is 0 Å². The summed E-state index contributed by atoms with van der Waals surface area (Å²) in [6.45, 7) is 5.35. The molecule has 1 N–H and O–H groups in total. The maximum atomic E-state index is 14.3. The SMILES string of the molecule is COc1ccc(CN2CCN(CCCn3cccn3)C[C@@H]2CCO)c(F)c1. The van der Waals surface area contributed by atoms with Gasteiger partial charge in [-0.2, -0.15) is 5.10 Å². The predicted molar refractivity (Wildman–Crippen MR) is 102 cm³/mol. The first-order chi connectivity index (χ1) is 13.2. The number of hydrogen-bond acceptors (Lipinski definition) is 5. The molecule has 1 aromatic carbocycles. The molecule has 2 aromatic rings. The van der Waals surface area contributed by atoms with E-state index in [4.69, 9.17) is 4.74 Å².